The maximum absolute atomic E-state index is 11.9. The number of aryl methyl sites for hydroxylation is 2. The van der Waals surface area contributed by atoms with Gasteiger partial charge in [0.05, 0.1) is 5.69 Å². The molecular formula is C16H20N4O2. The predicted molar refractivity (Wildman–Crippen MR) is 87.6 cm³/mol. The number of anilines is 1. The van der Waals surface area contributed by atoms with Crippen LogP contribution in [-0.2, 0) is 0 Å². The van der Waals surface area contributed by atoms with Crippen molar-refractivity contribution in [1.29, 1.82) is 0 Å². The molecule has 0 aromatic carbocycles. The van der Waals surface area contributed by atoms with Gasteiger partial charge >= 0.3 is 0 Å². The number of aromatic amines is 1. The summed E-state index contributed by atoms with van der Waals surface area (Å²) in [6.45, 7) is 6.09. The second-order valence-corrected chi connectivity index (χ2v) is 4.93. The fourth-order valence-electron chi connectivity index (χ4n) is 2.24. The Labute approximate surface area is 128 Å². The summed E-state index contributed by atoms with van der Waals surface area (Å²) in [5, 5.41) is 7.03. The summed E-state index contributed by atoms with van der Waals surface area (Å²) in [6, 6.07) is 1.79. The first-order chi connectivity index (χ1) is 10.6. The van der Waals surface area contributed by atoms with Gasteiger partial charge < -0.3 is 20.6 Å². The van der Waals surface area contributed by atoms with E-state index in [-0.39, 0.29) is 5.56 Å². The summed E-state index contributed by atoms with van der Waals surface area (Å²) in [4.78, 5) is 14.7. The number of allylic oxidation sites excluding steroid dienone is 1. The molecule has 4 N–H and O–H groups in total. The lowest BCUT2D eigenvalue weighted by molar-refractivity contribution is 0.393. The van der Waals surface area contributed by atoms with Crippen LogP contribution in [0.1, 0.15) is 18.4 Å². The van der Waals surface area contributed by atoms with Gasteiger partial charge in [0.25, 0.3) is 5.56 Å². The summed E-state index contributed by atoms with van der Waals surface area (Å²) in [6.07, 6.45) is 6.95. The molecule has 0 radical (unpaired) electrons. The molecule has 2 aromatic rings. The molecule has 0 aliphatic heterocycles. The first-order valence-corrected chi connectivity index (χ1v) is 7.00. The molecule has 0 saturated heterocycles. The van der Waals surface area contributed by atoms with Gasteiger partial charge in [-0.3, -0.25) is 4.79 Å². The molecule has 0 aliphatic carbocycles. The normalized spacial score (nSPS) is 12.0. The summed E-state index contributed by atoms with van der Waals surface area (Å²) >= 11 is 0. The maximum Gasteiger partial charge on any atom is 0.271 e. The lowest BCUT2D eigenvalue weighted by atomic mass is 10.1. The number of nitrogens with two attached hydrogens (primary N) is 1. The van der Waals surface area contributed by atoms with Gasteiger partial charge in [0.1, 0.15) is 11.4 Å². The van der Waals surface area contributed by atoms with Gasteiger partial charge in [0.2, 0.25) is 0 Å². The van der Waals surface area contributed by atoms with Crippen LogP contribution in [0.3, 0.4) is 0 Å². The molecule has 2 rings (SSSR count). The number of aromatic nitrogens is 2. The van der Waals surface area contributed by atoms with Crippen molar-refractivity contribution >= 4 is 5.69 Å². The van der Waals surface area contributed by atoms with Crippen molar-refractivity contribution in [1.82, 2.24) is 10.1 Å². The number of hydrogen-bond donors (Lipinski definition) is 3. The Morgan fingerprint density at radius 1 is 1.50 bits per heavy atom. The highest BCUT2D eigenvalue weighted by Gasteiger charge is 2.13. The quantitative estimate of drug-likeness (QED) is 0.737. The fourth-order valence-corrected chi connectivity index (χ4v) is 2.24. The number of pyridine rings is 1. The largest absolute Gasteiger partial charge is 0.404 e. The zero-order valence-electron chi connectivity index (χ0n) is 12.9. The van der Waals surface area contributed by atoms with Gasteiger partial charge in [-0.1, -0.05) is 17.3 Å². The Morgan fingerprint density at radius 2 is 2.27 bits per heavy atom. The molecule has 116 valence electrons. The molecular weight excluding hydrogens is 280 g/mol. The van der Waals surface area contributed by atoms with E-state index in [0.717, 1.165) is 22.4 Å². The summed E-state index contributed by atoms with van der Waals surface area (Å²) < 4.78 is 5.17. The zero-order chi connectivity index (χ0) is 16.1. The molecule has 2 heterocycles. The van der Waals surface area contributed by atoms with E-state index in [2.05, 4.69) is 15.5 Å². The molecule has 0 bridgehead atoms. The van der Waals surface area contributed by atoms with E-state index in [9.17, 15) is 4.79 Å². The summed E-state index contributed by atoms with van der Waals surface area (Å²) in [5.74, 6) is 0.715. The minimum Gasteiger partial charge on any atom is -0.404 e. The third-order valence-electron chi connectivity index (χ3n) is 3.30. The Balaban J connectivity index is 2.30. The van der Waals surface area contributed by atoms with Crippen LogP contribution in [0.15, 0.2) is 45.5 Å². The molecule has 0 aliphatic rings. The Kier molecular flexibility index (Phi) is 4.83. The second kappa shape index (κ2) is 6.80. The first kappa shape index (κ1) is 15.6. The van der Waals surface area contributed by atoms with Crippen molar-refractivity contribution in [3.63, 3.8) is 0 Å². The van der Waals surface area contributed by atoms with Crippen LogP contribution in [0.5, 0.6) is 0 Å². The number of nitrogens with one attached hydrogen (secondary N) is 2. The van der Waals surface area contributed by atoms with Crippen LogP contribution in [-0.4, -0.2) is 16.7 Å². The number of H-pyrrole nitrogens is 1. The SMILES string of the molecule is C/C=C\C(=C/N)CNc1cc(-c2c(C)noc2C)c[nH]c1=O. The highest BCUT2D eigenvalue weighted by Crippen LogP contribution is 2.26. The molecule has 2 aromatic heterocycles. The van der Waals surface area contributed by atoms with Crippen LogP contribution in [0.25, 0.3) is 11.1 Å². The fraction of sp³-hybridized carbons (Fsp3) is 0.250. The van der Waals surface area contributed by atoms with Crippen molar-refractivity contribution in [3.05, 3.63) is 58.0 Å². The van der Waals surface area contributed by atoms with Crippen molar-refractivity contribution < 1.29 is 4.52 Å². The van der Waals surface area contributed by atoms with Gasteiger partial charge in [-0.25, -0.2) is 0 Å². The van der Waals surface area contributed by atoms with Crippen molar-refractivity contribution in [2.45, 2.75) is 20.8 Å². The van der Waals surface area contributed by atoms with Gasteiger partial charge in [0, 0.05) is 23.9 Å². The Hall–Kier alpha value is -2.76. The molecule has 22 heavy (non-hydrogen) atoms. The van der Waals surface area contributed by atoms with Gasteiger partial charge in [-0.15, -0.1) is 0 Å². The second-order valence-electron chi connectivity index (χ2n) is 4.93. The van der Waals surface area contributed by atoms with Gasteiger partial charge in [-0.05, 0) is 38.6 Å². The van der Waals surface area contributed by atoms with Crippen LogP contribution < -0.4 is 16.6 Å². The van der Waals surface area contributed by atoms with Crippen LogP contribution in [0, 0.1) is 13.8 Å². The Morgan fingerprint density at radius 3 is 2.86 bits per heavy atom. The third kappa shape index (κ3) is 3.28. The number of hydrogen-bond acceptors (Lipinski definition) is 5. The van der Waals surface area contributed by atoms with Crippen LogP contribution in [0.4, 0.5) is 5.69 Å². The average molecular weight is 300 g/mol. The van der Waals surface area contributed by atoms with E-state index in [1.807, 2.05) is 32.9 Å². The predicted octanol–water partition coefficient (Wildman–Crippen LogP) is 2.48. The molecule has 6 nitrogen and oxygen atoms in total. The van der Waals surface area contributed by atoms with E-state index in [0.29, 0.717) is 18.0 Å². The van der Waals surface area contributed by atoms with Crippen molar-refractivity contribution in [2.24, 2.45) is 5.73 Å². The third-order valence-corrected chi connectivity index (χ3v) is 3.30. The smallest absolute Gasteiger partial charge is 0.271 e. The van der Waals surface area contributed by atoms with Gasteiger partial charge in [-0.2, -0.15) is 0 Å². The highest BCUT2D eigenvalue weighted by atomic mass is 16.5. The lowest BCUT2D eigenvalue weighted by Gasteiger charge is -2.08. The maximum atomic E-state index is 11.9. The molecule has 0 unspecified atom stereocenters. The van der Waals surface area contributed by atoms with Gasteiger partial charge in [0.15, 0.2) is 0 Å². The lowest BCUT2D eigenvalue weighted by Crippen LogP contribution is -2.15. The minimum atomic E-state index is -0.188. The molecule has 0 atom stereocenters. The summed E-state index contributed by atoms with van der Waals surface area (Å²) in [5.41, 5.74) is 9.25. The first-order valence-electron chi connectivity index (χ1n) is 7.00. The van der Waals surface area contributed by atoms with E-state index in [1.165, 1.54) is 6.20 Å². The number of rotatable bonds is 5. The Bertz CT molecular complexity index is 749. The van der Waals surface area contributed by atoms with Crippen molar-refractivity contribution in [3.8, 4) is 11.1 Å². The molecule has 6 heteroatoms. The average Bonchev–Trinajstić information content (AvgIpc) is 2.84. The molecule has 0 spiro atoms. The van der Waals surface area contributed by atoms with Crippen LogP contribution >= 0.6 is 0 Å². The van der Waals surface area contributed by atoms with E-state index < -0.39 is 0 Å². The van der Waals surface area contributed by atoms with Crippen LogP contribution in [0.2, 0.25) is 0 Å². The monoisotopic (exact) mass is 300 g/mol. The zero-order valence-corrected chi connectivity index (χ0v) is 12.9. The van der Waals surface area contributed by atoms with E-state index in [1.54, 1.807) is 12.3 Å². The topological polar surface area (TPSA) is 96.9 Å². The molecule has 0 fully saturated rings. The van der Waals surface area contributed by atoms with E-state index >= 15 is 0 Å². The summed E-state index contributed by atoms with van der Waals surface area (Å²) in [7, 11) is 0. The highest BCUT2D eigenvalue weighted by molar-refractivity contribution is 5.70. The number of nitrogens with zero attached hydrogens (tertiary/aromatic N) is 1. The van der Waals surface area contributed by atoms with E-state index in [4.69, 9.17) is 10.3 Å². The molecule has 0 saturated carbocycles. The molecule has 0 amide bonds. The minimum absolute atomic E-state index is 0.188. The van der Waals surface area contributed by atoms with Crippen molar-refractivity contribution in [2.75, 3.05) is 11.9 Å². The standard InChI is InChI=1S/C16H20N4O2/c1-4-5-12(7-17)8-18-14-6-13(9-19-16(14)21)15-10(2)20-22-11(15)3/h4-7,9,18H,8,17H2,1-3H3,(H,19,21)/b5-4-,12-7+.